The Hall–Kier alpha value is -0.830. The van der Waals surface area contributed by atoms with Crippen molar-refractivity contribution in [3.8, 4) is 0 Å². The van der Waals surface area contributed by atoms with Gasteiger partial charge in [0, 0.05) is 6.54 Å². The molecule has 98 valence electrons. The molecule has 0 bridgehead atoms. The fourth-order valence-corrected chi connectivity index (χ4v) is 2.14. The summed E-state index contributed by atoms with van der Waals surface area (Å²) in [5.41, 5.74) is 2.54. The van der Waals surface area contributed by atoms with E-state index in [0.717, 1.165) is 19.5 Å². The number of hydrogen-bond acceptors (Lipinski definition) is 2. The molecule has 1 heterocycles. The summed E-state index contributed by atoms with van der Waals surface area (Å²) in [5, 5.41) is 8.27. The molecule has 0 aliphatic heterocycles. The Bertz CT molecular complexity index is 328. The van der Waals surface area contributed by atoms with Gasteiger partial charge in [-0.25, -0.2) is 0 Å². The molecule has 0 aliphatic rings. The van der Waals surface area contributed by atoms with Crippen LogP contribution in [0.3, 0.4) is 0 Å². The minimum atomic E-state index is 0.419. The maximum atomic E-state index is 4.64. The fraction of sp³-hybridized carbons (Fsp3) is 0.786. The molecule has 1 unspecified atom stereocenters. The van der Waals surface area contributed by atoms with E-state index in [9.17, 15) is 0 Å². The van der Waals surface area contributed by atoms with Crippen LogP contribution in [0, 0.1) is 5.92 Å². The van der Waals surface area contributed by atoms with Gasteiger partial charge < -0.3 is 5.32 Å². The lowest BCUT2D eigenvalue weighted by molar-refractivity contribution is 0.384. The fourth-order valence-electron chi connectivity index (χ4n) is 2.14. The van der Waals surface area contributed by atoms with E-state index >= 15 is 0 Å². The number of aryl methyl sites for hydroxylation is 2. The highest BCUT2D eigenvalue weighted by atomic mass is 15.3. The van der Waals surface area contributed by atoms with Gasteiger partial charge in [-0.05, 0) is 38.3 Å². The van der Waals surface area contributed by atoms with Gasteiger partial charge >= 0.3 is 0 Å². The molecule has 1 aromatic heterocycles. The van der Waals surface area contributed by atoms with Crippen LogP contribution in [0.15, 0.2) is 6.07 Å². The third-order valence-electron chi connectivity index (χ3n) is 3.12. The van der Waals surface area contributed by atoms with E-state index < -0.39 is 0 Å². The maximum absolute atomic E-state index is 4.64. The lowest BCUT2D eigenvalue weighted by atomic mass is 10.00. The molecule has 0 saturated heterocycles. The monoisotopic (exact) mass is 237 g/mol. The van der Waals surface area contributed by atoms with Crippen molar-refractivity contribution in [3.63, 3.8) is 0 Å². The average molecular weight is 237 g/mol. The Kier molecular flexibility index (Phi) is 5.69. The molecule has 1 rings (SSSR count). The van der Waals surface area contributed by atoms with Crippen LogP contribution in [0.1, 0.15) is 58.5 Å². The van der Waals surface area contributed by atoms with Crippen molar-refractivity contribution in [3.05, 3.63) is 17.5 Å². The lowest BCUT2D eigenvalue weighted by Gasteiger charge is -2.23. The van der Waals surface area contributed by atoms with Crippen LogP contribution < -0.4 is 5.32 Å². The predicted molar refractivity (Wildman–Crippen MR) is 73.2 cm³/mol. The van der Waals surface area contributed by atoms with Crippen LogP contribution in [0.2, 0.25) is 0 Å². The smallest absolute Gasteiger partial charge is 0.0625 e. The largest absolute Gasteiger partial charge is 0.308 e. The number of nitrogens with zero attached hydrogens (tertiary/aromatic N) is 2. The predicted octanol–water partition coefficient (Wildman–Crippen LogP) is 3.16. The molecule has 0 aliphatic carbocycles. The maximum Gasteiger partial charge on any atom is 0.0625 e. The van der Waals surface area contributed by atoms with E-state index in [0.29, 0.717) is 12.0 Å². The normalized spacial score (nSPS) is 13.3. The molecule has 1 aromatic rings. The summed E-state index contributed by atoms with van der Waals surface area (Å²) in [6.45, 7) is 13.1. The summed E-state index contributed by atoms with van der Waals surface area (Å²) in [6.07, 6.45) is 2.18. The summed E-state index contributed by atoms with van der Waals surface area (Å²) in [5.74, 6) is 0.591. The minimum Gasteiger partial charge on any atom is -0.308 e. The molecule has 1 N–H and O–H groups in total. The van der Waals surface area contributed by atoms with Gasteiger partial charge in [-0.3, -0.25) is 4.68 Å². The van der Waals surface area contributed by atoms with Crippen LogP contribution in [-0.4, -0.2) is 16.3 Å². The molecule has 0 radical (unpaired) electrons. The zero-order chi connectivity index (χ0) is 12.8. The van der Waals surface area contributed by atoms with E-state index in [-0.39, 0.29) is 0 Å². The van der Waals surface area contributed by atoms with E-state index in [4.69, 9.17) is 0 Å². The van der Waals surface area contributed by atoms with Crippen LogP contribution in [-0.2, 0) is 13.0 Å². The highest BCUT2D eigenvalue weighted by Crippen LogP contribution is 2.22. The van der Waals surface area contributed by atoms with Crippen LogP contribution in [0.4, 0.5) is 0 Å². The Morgan fingerprint density at radius 2 is 2.00 bits per heavy atom. The summed E-state index contributed by atoms with van der Waals surface area (Å²) in [6, 6.07) is 2.68. The van der Waals surface area contributed by atoms with Crippen molar-refractivity contribution in [1.82, 2.24) is 15.1 Å². The van der Waals surface area contributed by atoms with Crippen molar-refractivity contribution in [2.75, 3.05) is 6.54 Å². The van der Waals surface area contributed by atoms with Gasteiger partial charge in [0.1, 0.15) is 0 Å². The molecule has 17 heavy (non-hydrogen) atoms. The van der Waals surface area contributed by atoms with E-state index in [1.165, 1.54) is 17.8 Å². The molecule has 3 nitrogen and oxygen atoms in total. The van der Waals surface area contributed by atoms with Crippen LogP contribution >= 0.6 is 0 Å². The number of hydrogen-bond donors (Lipinski definition) is 1. The Morgan fingerprint density at radius 1 is 1.29 bits per heavy atom. The standard InChI is InChI=1S/C14H27N3/c1-6-9-15-14(11(4)5)13-10-12(7-2)16-17(13)8-3/h10-11,14-15H,6-9H2,1-5H3. The summed E-state index contributed by atoms with van der Waals surface area (Å²) < 4.78 is 2.14. The second-order valence-electron chi connectivity index (χ2n) is 4.91. The molecule has 1 atom stereocenters. The molecule has 0 spiro atoms. The van der Waals surface area contributed by atoms with E-state index in [2.05, 4.69) is 55.8 Å². The third-order valence-corrected chi connectivity index (χ3v) is 3.12. The second kappa shape index (κ2) is 6.80. The highest BCUT2D eigenvalue weighted by Gasteiger charge is 2.19. The van der Waals surface area contributed by atoms with Gasteiger partial charge in [0.25, 0.3) is 0 Å². The SMILES string of the molecule is CCCNC(c1cc(CC)nn1CC)C(C)C. The van der Waals surface area contributed by atoms with Crippen molar-refractivity contribution < 1.29 is 0 Å². The number of nitrogens with one attached hydrogen (secondary N) is 1. The number of rotatable bonds is 7. The van der Waals surface area contributed by atoms with Crippen LogP contribution in [0.5, 0.6) is 0 Å². The van der Waals surface area contributed by atoms with Gasteiger partial charge in [0.2, 0.25) is 0 Å². The molecular formula is C14H27N3. The Balaban J connectivity index is 2.95. The third kappa shape index (κ3) is 3.56. The highest BCUT2D eigenvalue weighted by molar-refractivity contribution is 5.15. The van der Waals surface area contributed by atoms with Gasteiger partial charge in [-0.1, -0.05) is 27.7 Å². The quantitative estimate of drug-likeness (QED) is 0.789. The van der Waals surface area contributed by atoms with Crippen molar-refractivity contribution >= 4 is 0 Å². The lowest BCUT2D eigenvalue weighted by Crippen LogP contribution is -2.28. The summed E-state index contributed by atoms with van der Waals surface area (Å²) >= 11 is 0. The second-order valence-corrected chi connectivity index (χ2v) is 4.91. The van der Waals surface area contributed by atoms with Crippen LogP contribution in [0.25, 0.3) is 0 Å². The van der Waals surface area contributed by atoms with Gasteiger partial charge in [0.15, 0.2) is 0 Å². The van der Waals surface area contributed by atoms with Crippen molar-refractivity contribution in [2.24, 2.45) is 5.92 Å². The van der Waals surface area contributed by atoms with Crippen molar-refractivity contribution in [1.29, 1.82) is 0 Å². The zero-order valence-electron chi connectivity index (χ0n) is 12.0. The van der Waals surface area contributed by atoms with E-state index in [1.54, 1.807) is 0 Å². The minimum absolute atomic E-state index is 0.419. The summed E-state index contributed by atoms with van der Waals surface area (Å²) in [4.78, 5) is 0. The first kappa shape index (κ1) is 14.2. The molecule has 0 amide bonds. The first-order valence-electron chi connectivity index (χ1n) is 6.93. The molecule has 3 heteroatoms. The van der Waals surface area contributed by atoms with Gasteiger partial charge in [-0.2, -0.15) is 5.10 Å². The van der Waals surface area contributed by atoms with Gasteiger partial charge in [0.05, 0.1) is 17.4 Å². The van der Waals surface area contributed by atoms with Crippen molar-refractivity contribution in [2.45, 2.75) is 60.0 Å². The first-order chi connectivity index (χ1) is 8.13. The average Bonchev–Trinajstić information content (AvgIpc) is 2.72. The Labute approximate surface area is 106 Å². The molecule has 0 saturated carbocycles. The molecule has 0 fully saturated rings. The number of aromatic nitrogens is 2. The molecule has 0 aromatic carbocycles. The molecular weight excluding hydrogens is 210 g/mol. The Morgan fingerprint density at radius 3 is 2.47 bits per heavy atom. The first-order valence-corrected chi connectivity index (χ1v) is 6.93. The van der Waals surface area contributed by atoms with E-state index in [1.807, 2.05) is 0 Å². The summed E-state index contributed by atoms with van der Waals surface area (Å²) in [7, 11) is 0. The zero-order valence-corrected chi connectivity index (χ0v) is 12.0. The topological polar surface area (TPSA) is 29.9 Å². The van der Waals surface area contributed by atoms with Gasteiger partial charge in [-0.15, -0.1) is 0 Å².